The molecule has 1 aliphatic rings. The van der Waals surface area contributed by atoms with Gasteiger partial charge in [-0.1, -0.05) is 0 Å². The van der Waals surface area contributed by atoms with Crippen LogP contribution in [0.2, 0.25) is 0 Å². The third kappa shape index (κ3) is 1.87. The first-order valence-corrected chi connectivity index (χ1v) is 7.10. The molecule has 1 fully saturated rings. The summed E-state index contributed by atoms with van der Waals surface area (Å²) in [6, 6.07) is 1.48. The van der Waals surface area contributed by atoms with Gasteiger partial charge in [0.2, 0.25) is 11.6 Å². The van der Waals surface area contributed by atoms with Crippen molar-refractivity contribution < 1.29 is 4.79 Å². The van der Waals surface area contributed by atoms with Crippen molar-refractivity contribution in [2.24, 2.45) is 5.73 Å². The van der Waals surface area contributed by atoms with Gasteiger partial charge in [-0.15, -0.1) is 15.3 Å². The number of anilines is 1. The largest absolute Gasteiger partial charge is 0.368 e. The molecule has 3 aromatic rings. The van der Waals surface area contributed by atoms with Gasteiger partial charge in [-0.3, -0.25) is 4.79 Å². The molecule has 22 heavy (non-hydrogen) atoms. The first-order valence-electron chi connectivity index (χ1n) is 7.10. The molecule has 8 nitrogen and oxygen atoms in total. The van der Waals surface area contributed by atoms with Crippen molar-refractivity contribution in [2.75, 3.05) is 11.4 Å². The second-order valence-electron chi connectivity index (χ2n) is 5.29. The Morgan fingerprint density at radius 1 is 1.36 bits per heavy atom. The molecule has 8 heteroatoms. The van der Waals surface area contributed by atoms with E-state index >= 15 is 0 Å². The SMILES string of the molecule is NC(=O)C1[CH]CCCN1c1cnnc2nnc3[nH]ccc3c12. The van der Waals surface area contributed by atoms with Crippen molar-refractivity contribution >= 4 is 33.7 Å². The highest BCUT2D eigenvalue weighted by molar-refractivity contribution is 6.08. The minimum absolute atomic E-state index is 0.364. The van der Waals surface area contributed by atoms with Crippen molar-refractivity contribution in [2.45, 2.75) is 18.9 Å². The Kier molecular flexibility index (Phi) is 2.88. The molecule has 0 spiro atoms. The van der Waals surface area contributed by atoms with Crippen LogP contribution in [0.3, 0.4) is 0 Å². The summed E-state index contributed by atoms with van der Waals surface area (Å²) < 4.78 is 0. The van der Waals surface area contributed by atoms with Crippen LogP contribution in [0, 0.1) is 6.42 Å². The fourth-order valence-corrected chi connectivity index (χ4v) is 3.00. The molecule has 0 bridgehead atoms. The highest BCUT2D eigenvalue weighted by atomic mass is 16.1. The molecule has 1 atom stereocenters. The fourth-order valence-electron chi connectivity index (χ4n) is 3.00. The molecular weight excluding hydrogens is 282 g/mol. The first-order chi connectivity index (χ1) is 10.8. The Labute approximate surface area is 125 Å². The number of nitrogens with two attached hydrogens (primary N) is 1. The van der Waals surface area contributed by atoms with E-state index in [0.717, 1.165) is 35.8 Å². The number of hydrogen-bond acceptors (Lipinski definition) is 6. The second-order valence-corrected chi connectivity index (χ2v) is 5.29. The van der Waals surface area contributed by atoms with Crippen molar-refractivity contribution in [3.8, 4) is 0 Å². The summed E-state index contributed by atoms with van der Waals surface area (Å²) in [7, 11) is 0. The number of nitrogens with zero attached hydrogens (tertiary/aromatic N) is 5. The summed E-state index contributed by atoms with van der Waals surface area (Å²) in [5.41, 5.74) is 7.49. The summed E-state index contributed by atoms with van der Waals surface area (Å²) >= 11 is 0. The number of amides is 1. The summed E-state index contributed by atoms with van der Waals surface area (Å²) in [4.78, 5) is 16.8. The van der Waals surface area contributed by atoms with Crippen LogP contribution in [-0.2, 0) is 4.79 Å². The highest BCUT2D eigenvalue weighted by Crippen LogP contribution is 2.32. The normalized spacial score (nSPS) is 18.9. The predicted molar refractivity (Wildman–Crippen MR) is 80.8 cm³/mol. The number of aromatic amines is 1. The van der Waals surface area contributed by atoms with Gasteiger partial charge < -0.3 is 15.6 Å². The van der Waals surface area contributed by atoms with Crippen LogP contribution in [0.4, 0.5) is 5.69 Å². The number of primary amides is 1. The molecule has 0 saturated carbocycles. The summed E-state index contributed by atoms with van der Waals surface area (Å²) in [6.45, 7) is 0.735. The minimum atomic E-state index is -0.441. The maximum Gasteiger partial charge on any atom is 0.240 e. The quantitative estimate of drug-likeness (QED) is 0.714. The summed E-state index contributed by atoms with van der Waals surface area (Å²) in [5.74, 6) is -0.364. The number of hydrogen-bond donors (Lipinski definition) is 2. The number of aromatic nitrogens is 5. The topological polar surface area (TPSA) is 114 Å². The van der Waals surface area contributed by atoms with E-state index in [0.29, 0.717) is 11.3 Å². The molecule has 4 rings (SSSR count). The van der Waals surface area contributed by atoms with E-state index in [2.05, 4.69) is 25.4 Å². The maximum absolute atomic E-state index is 11.8. The van der Waals surface area contributed by atoms with E-state index in [1.807, 2.05) is 17.4 Å². The monoisotopic (exact) mass is 296 g/mol. The number of carbonyl (C=O) groups excluding carboxylic acids is 1. The standard InChI is InChI=1S/C14H14N7O/c15-12(22)9-3-1-2-6-21(9)10-7-17-18-14-11(10)8-4-5-16-13(8)19-20-14/h3-5,7,9H,1-2,6H2,(H2,15,22)(H,16,19). The smallest absolute Gasteiger partial charge is 0.240 e. The van der Waals surface area contributed by atoms with Crippen LogP contribution < -0.4 is 10.6 Å². The number of H-pyrrole nitrogens is 1. The van der Waals surface area contributed by atoms with Gasteiger partial charge in [0.1, 0.15) is 6.04 Å². The number of nitrogens with one attached hydrogen (secondary N) is 1. The molecule has 3 N–H and O–H groups in total. The van der Waals surface area contributed by atoms with E-state index in [-0.39, 0.29) is 5.91 Å². The Hall–Kier alpha value is -2.77. The number of fused-ring (bicyclic) bond motifs is 3. The Morgan fingerprint density at radius 3 is 3.14 bits per heavy atom. The molecule has 4 heterocycles. The first kappa shape index (κ1) is 12.9. The van der Waals surface area contributed by atoms with Gasteiger partial charge in [0.15, 0.2) is 5.65 Å². The zero-order valence-corrected chi connectivity index (χ0v) is 11.7. The van der Waals surface area contributed by atoms with Crippen LogP contribution in [0.15, 0.2) is 18.5 Å². The fraction of sp³-hybridized carbons (Fsp3) is 0.286. The van der Waals surface area contributed by atoms with Crippen LogP contribution in [0.25, 0.3) is 22.1 Å². The number of rotatable bonds is 2. The third-order valence-corrected chi connectivity index (χ3v) is 3.98. The zero-order valence-electron chi connectivity index (χ0n) is 11.7. The van der Waals surface area contributed by atoms with Crippen LogP contribution in [0.1, 0.15) is 12.8 Å². The Morgan fingerprint density at radius 2 is 2.27 bits per heavy atom. The highest BCUT2D eigenvalue weighted by Gasteiger charge is 2.29. The molecule has 0 aliphatic carbocycles. The Balaban J connectivity index is 1.97. The lowest BCUT2D eigenvalue weighted by atomic mass is 10.00. The summed E-state index contributed by atoms with van der Waals surface area (Å²) in [6.07, 6.45) is 7.24. The molecule has 1 radical (unpaired) electrons. The average molecular weight is 296 g/mol. The van der Waals surface area contributed by atoms with Crippen molar-refractivity contribution in [1.29, 1.82) is 0 Å². The van der Waals surface area contributed by atoms with Crippen LogP contribution in [0.5, 0.6) is 0 Å². The molecule has 1 aliphatic heterocycles. The predicted octanol–water partition coefficient (Wildman–Crippen LogP) is 0.559. The molecule has 3 aromatic heterocycles. The lowest BCUT2D eigenvalue weighted by Crippen LogP contribution is -2.48. The molecule has 0 aromatic carbocycles. The van der Waals surface area contributed by atoms with Gasteiger partial charge in [-0.25, -0.2) is 0 Å². The van der Waals surface area contributed by atoms with E-state index in [1.165, 1.54) is 0 Å². The van der Waals surface area contributed by atoms with Crippen molar-refractivity contribution in [3.05, 3.63) is 24.9 Å². The van der Waals surface area contributed by atoms with Gasteiger partial charge in [0, 0.05) is 18.1 Å². The molecular formula is C14H14N7O. The zero-order chi connectivity index (χ0) is 15.1. The second kappa shape index (κ2) is 4.90. The van der Waals surface area contributed by atoms with E-state index < -0.39 is 6.04 Å². The van der Waals surface area contributed by atoms with Gasteiger partial charge in [-0.05, 0) is 25.3 Å². The van der Waals surface area contributed by atoms with Gasteiger partial charge in [0.05, 0.1) is 17.3 Å². The van der Waals surface area contributed by atoms with E-state index in [9.17, 15) is 4.79 Å². The van der Waals surface area contributed by atoms with E-state index in [4.69, 9.17) is 5.73 Å². The lowest BCUT2D eigenvalue weighted by molar-refractivity contribution is -0.118. The minimum Gasteiger partial charge on any atom is -0.368 e. The van der Waals surface area contributed by atoms with Crippen molar-refractivity contribution in [1.82, 2.24) is 25.4 Å². The molecule has 1 amide bonds. The van der Waals surface area contributed by atoms with Gasteiger partial charge in [-0.2, -0.15) is 5.10 Å². The van der Waals surface area contributed by atoms with E-state index in [1.54, 1.807) is 12.4 Å². The number of piperidine rings is 1. The maximum atomic E-state index is 11.8. The molecule has 1 unspecified atom stereocenters. The number of carbonyl (C=O) groups is 1. The van der Waals surface area contributed by atoms with Crippen LogP contribution in [-0.4, -0.2) is 43.9 Å². The Bertz CT molecular complexity index is 859. The molecule has 1 saturated heterocycles. The third-order valence-electron chi connectivity index (χ3n) is 3.98. The van der Waals surface area contributed by atoms with Gasteiger partial charge >= 0.3 is 0 Å². The van der Waals surface area contributed by atoms with Crippen molar-refractivity contribution in [3.63, 3.8) is 0 Å². The average Bonchev–Trinajstić information content (AvgIpc) is 3.03. The summed E-state index contributed by atoms with van der Waals surface area (Å²) in [5, 5.41) is 18.0. The van der Waals surface area contributed by atoms with Crippen LogP contribution >= 0.6 is 0 Å². The lowest BCUT2D eigenvalue weighted by Gasteiger charge is -2.35. The molecule has 111 valence electrons. The van der Waals surface area contributed by atoms with Gasteiger partial charge in [0.25, 0.3) is 0 Å².